The molecule has 0 saturated carbocycles. The second-order valence-electron chi connectivity index (χ2n) is 2.68. The van der Waals surface area contributed by atoms with E-state index < -0.39 is 0 Å². The fraction of sp³-hybridized carbons (Fsp3) is 0.250. The lowest BCUT2D eigenvalue weighted by molar-refractivity contribution is 0.573. The van der Waals surface area contributed by atoms with Crippen LogP contribution in [0.2, 0.25) is 0 Å². The van der Waals surface area contributed by atoms with Crippen LogP contribution in [0, 0.1) is 0 Å². The van der Waals surface area contributed by atoms with Gasteiger partial charge < -0.3 is 5.32 Å². The van der Waals surface area contributed by atoms with Crippen molar-refractivity contribution in [1.29, 1.82) is 0 Å². The first-order valence-corrected chi connectivity index (χ1v) is 3.82. The highest BCUT2D eigenvalue weighted by Gasteiger charge is 2.14. The molecule has 0 fully saturated rings. The van der Waals surface area contributed by atoms with Crippen LogP contribution >= 0.6 is 0 Å². The summed E-state index contributed by atoms with van der Waals surface area (Å²) in [6.45, 7) is 1.92. The van der Waals surface area contributed by atoms with Gasteiger partial charge >= 0.3 is 0 Å². The van der Waals surface area contributed by atoms with Gasteiger partial charge in [0.2, 0.25) is 0 Å². The fourth-order valence-electron chi connectivity index (χ4n) is 1.15. The molecule has 1 aromatic heterocycles. The van der Waals surface area contributed by atoms with Gasteiger partial charge in [0.1, 0.15) is 12.0 Å². The minimum absolute atomic E-state index is 0.105. The number of hydrogen-bond donors (Lipinski definition) is 2. The van der Waals surface area contributed by atoms with Crippen molar-refractivity contribution in [2.24, 2.45) is 5.10 Å². The van der Waals surface area contributed by atoms with Gasteiger partial charge in [0.05, 0.1) is 0 Å². The Hall–Kier alpha value is -1.58. The largest absolute Gasteiger partial charge is 0.348 e. The molecule has 4 heteroatoms. The molecule has 2 rings (SSSR count). The van der Waals surface area contributed by atoms with Gasteiger partial charge in [-0.2, -0.15) is 5.10 Å². The van der Waals surface area contributed by atoms with Crippen LogP contribution in [0.25, 0.3) is 0 Å². The van der Waals surface area contributed by atoms with E-state index in [2.05, 4.69) is 20.8 Å². The summed E-state index contributed by atoms with van der Waals surface area (Å²) in [6, 6.07) is 3.91. The Balaban J connectivity index is 2.14. The molecule has 62 valence electrons. The van der Waals surface area contributed by atoms with Crippen LogP contribution < -0.4 is 10.7 Å². The van der Waals surface area contributed by atoms with E-state index >= 15 is 0 Å². The van der Waals surface area contributed by atoms with E-state index in [1.165, 1.54) is 0 Å². The summed E-state index contributed by atoms with van der Waals surface area (Å²) >= 11 is 0. The maximum Gasteiger partial charge on any atom is 0.140 e. The number of aromatic nitrogens is 1. The molecule has 0 spiro atoms. The lowest BCUT2D eigenvalue weighted by Crippen LogP contribution is -2.25. The van der Waals surface area contributed by atoms with E-state index in [-0.39, 0.29) is 6.17 Å². The van der Waals surface area contributed by atoms with Gasteiger partial charge in [-0.3, -0.25) is 10.4 Å². The van der Waals surface area contributed by atoms with Crippen molar-refractivity contribution in [1.82, 2.24) is 15.7 Å². The molecule has 1 aromatic rings. The molecule has 4 nitrogen and oxygen atoms in total. The molecule has 0 amide bonds. The van der Waals surface area contributed by atoms with Crippen molar-refractivity contribution < 1.29 is 0 Å². The normalized spacial score (nSPS) is 21.1. The smallest absolute Gasteiger partial charge is 0.140 e. The Kier molecular flexibility index (Phi) is 1.66. The SMILES string of the molecule is CC1=NNC(c2ccncc2)N1. The van der Waals surface area contributed by atoms with Crippen molar-refractivity contribution >= 4 is 5.84 Å². The molecule has 1 unspecified atom stereocenters. The van der Waals surface area contributed by atoms with Gasteiger partial charge in [-0.15, -0.1) is 0 Å². The maximum absolute atomic E-state index is 4.03. The monoisotopic (exact) mass is 162 g/mol. The van der Waals surface area contributed by atoms with Gasteiger partial charge in [-0.25, -0.2) is 0 Å². The van der Waals surface area contributed by atoms with E-state index in [0.717, 1.165) is 11.4 Å². The lowest BCUT2D eigenvalue weighted by Gasteiger charge is -2.10. The lowest BCUT2D eigenvalue weighted by atomic mass is 10.2. The highest BCUT2D eigenvalue weighted by atomic mass is 15.4. The predicted octanol–water partition coefficient (Wildman–Crippen LogP) is 0.606. The van der Waals surface area contributed by atoms with Crippen LogP contribution in [0.5, 0.6) is 0 Å². The first-order valence-electron chi connectivity index (χ1n) is 3.82. The van der Waals surface area contributed by atoms with Gasteiger partial charge in [0.15, 0.2) is 0 Å². The molecule has 1 atom stereocenters. The molecular formula is C8H10N4. The van der Waals surface area contributed by atoms with E-state index in [9.17, 15) is 0 Å². The van der Waals surface area contributed by atoms with Gasteiger partial charge in [-0.1, -0.05) is 0 Å². The molecule has 1 aliphatic heterocycles. The zero-order valence-corrected chi connectivity index (χ0v) is 6.78. The zero-order valence-electron chi connectivity index (χ0n) is 6.78. The number of amidine groups is 1. The van der Waals surface area contributed by atoms with Crippen molar-refractivity contribution in [2.45, 2.75) is 13.1 Å². The number of rotatable bonds is 1. The average Bonchev–Trinajstić information content (AvgIpc) is 2.54. The summed E-state index contributed by atoms with van der Waals surface area (Å²) in [6.07, 6.45) is 3.64. The third-order valence-corrected chi connectivity index (χ3v) is 1.75. The second-order valence-corrected chi connectivity index (χ2v) is 2.68. The Morgan fingerprint density at radius 2 is 2.08 bits per heavy atom. The van der Waals surface area contributed by atoms with Crippen LogP contribution in [0.15, 0.2) is 29.6 Å². The summed E-state index contributed by atoms with van der Waals surface area (Å²) in [5.74, 6) is 0.914. The number of pyridine rings is 1. The number of hydrazone groups is 1. The molecule has 2 N–H and O–H groups in total. The number of hydrogen-bond acceptors (Lipinski definition) is 4. The van der Waals surface area contributed by atoms with Crippen molar-refractivity contribution in [3.05, 3.63) is 30.1 Å². The predicted molar refractivity (Wildman–Crippen MR) is 46.4 cm³/mol. The van der Waals surface area contributed by atoms with E-state index in [1.807, 2.05) is 19.1 Å². The zero-order chi connectivity index (χ0) is 8.39. The van der Waals surface area contributed by atoms with Crippen molar-refractivity contribution in [2.75, 3.05) is 0 Å². The quantitative estimate of drug-likeness (QED) is 0.636. The van der Waals surface area contributed by atoms with Crippen LogP contribution in [-0.4, -0.2) is 10.8 Å². The summed E-state index contributed by atoms with van der Waals surface area (Å²) < 4.78 is 0. The highest BCUT2D eigenvalue weighted by molar-refractivity contribution is 5.80. The first-order chi connectivity index (χ1) is 5.86. The topological polar surface area (TPSA) is 49.3 Å². The Labute approximate surface area is 70.7 Å². The molecule has 0 aliphatic carbocycles. The molecule has 0 aromatic carbocycles. The average molecular weight is 162 g/mol. The summed E-state index contributed by atoms with van der Waals surface area (Å²) in [7, 11) is 0. The standard InChI is InChI=1S/C8H10N4/c1-6-10-8(12-11-6)7-2-4-9-5-3-7/h2-5,8,12H,1H3,(H,10,11). The first kappa shape index (κ1) is 7.09. The molecule has 0 bridgehead atoms. The third kappa shape index (κ3) is 1.23. The van der Waals surface area contributed by atoms with Crippen LogP contribution in [-0.2, 0) is 0 Å². The maximum atomic E-state index is 4.03. The summed E-state index contributed by atoms with van der Waals surface area (Å²) in [5.41, 5.74) is 4.12. The number of nitrogens with zero attached hydrogens (tertiary/aromatic N) is 2. The summed E-state index contributed by atoms with van der Waals surface area (Å²) in [4.78, 5) is 3.94. The molecule has 0 radical (unpaired) electrons. The van der Waals surface area contributed by atoms with Gasteiger partial charge in [-0.05, 0) is 24.6 Å². The molecule has 1 aliphatic rings. The van der Waals surface area contributed by atoms with E-state index in [0.29, 0.717) is 0 Å². The second kappa shape index (κ2) is 2.81. The van der Waals surface area contributed by atoms with Gasteiger partial charge in [0, 0.05) is 12.4 Å². The van der Waals surface area contributed by atoms with Crippen LogP contribution in [0.4, 0.5) is 0 Å². The van der Waals surface area contributed by atoms with E-state index in [4.69, 9.17) is 0 Å². The third-order valence-electron chi connectivity index (χ3n) is 1.75. The molecule has 2 heterocycles. The minimum Gasteiger partial charge on any atom is -0.348 e. The molecule has 0 saturated heterocycles. The van der Waals surface area contributed by atoms with Gasteiger partial charge in [0.25, 0.3) is 0 Å². The number of nitrogens with one attached hydrogen (secondary N) is 2. The minimum atomic E-state index is 0.105. The van der Waals surface area contributed by atoms with Crippen molar-refractivity contribution in [3.8, 4) is 0 Å². The van der Waals surface area contributed by atoms with Crippen LogP contribution in [0.3, 0.4) is 0 Å². The Bertz CT molecular complexity index is 293. The fourth-order valence-corrected chi connectivity index (χ4v) is 1.15. The van der Waals surface area contributed by atoms with E-state index in [1.54, 1.807) is 12.4 Å². The highest BCUT2D eigenvalue weighted by Crippen LogP contribution is 2.10. The van der Waals surface area contributed by atoms with Crippen molar-refractivity contribution in [3.63, 3.8) is 0 Å². The van der Waals surface area contributed by atoms with Crippen LogP contribution in [0.1, 0.15) is 18.7 Å². The Morgan fingerprint density at radius 1 is 1.33 bits per heavy atom. The molecule has 12 heavy (non-hydrogen) atoms. The Morgan fingerprint density at radius 3 is 2.67 bits per heavy atom. The molecular weight excluding hydrogens is 152 g/mol. The summed E-state index contributed by atoms with van der Waals surface area (Å²) in [5, 5.41) is 7.21.